The van der Waals surface area contributed by atoms with Gasteiger partial charge in [0.05, 0.1) is 16.8 Å². The molecule has 2 rings (SSSR count). The van der Waals surface area contributed by atoms with Gasteiger partial charge in [-0.25, -0.2) is 4.98 Å². The minimum absolute atomic E-state index is 0.104. The molecule has 0 unspecified atom stereocenters. The lowest BCUT2D eigenvalue weighted by atomic mass is 9.88. The molecule has 0 fully saturated rings. The first kappa shape index (κ1) is 14.7. The zero-order chi connectivity index (χ0) is 14.8. The molecule has 2 aromatic rings. The van der Waals surface area contributed by atoms with Gasteiger partial charge in [0, 0.05) is 18.1 Å². The Morgan fingerprint density at radius 2 is 2.25 bits per heavy atom. The van der Waals surface area contributed by atoms with Gasteiger partial charge in [0.2, 0.25) is 5.91 Å². The number of aromatic amines is 1. The van der Waals surface area contributed by atoms with Crippen LogP contribution in [0.15, 0.2) is 17.6 Å². The molecule has 1 amide bonds. The summed E-state index contributed by atoms with van der Waals surface area (Å²) in [6.45, 7) is 4.46. The third-order valence-electron chi connectivity index (χ3n) is 2.99. The number of anilines is 1. The predicted octanol–water partition coefficient (Wildman–Crippen LogP) is 1.84. The smallest absolute Gasteiger partial charge is 0.237 e. The maximum absolute atomic E-state index is 12.4. The first-order chi connectivity index (χ1) is 9.39. The number of nitrogens with zero attached hydrogens (tertiary/aromatic N) is 3. The predicted molar refractivity (Wildman–Crippen MR) is 79.7 cm³/mol. The number of H-pyrrole nitrogens is 1. The minimum Gasteiger partial charge on any atom is -0.304 e. The molecule has 0 bridgehead atoms. The van der Waals surface area contributed by atoms with Gasteiger partial charge in [-0.3, -0.25) is 9.89 Å². The highest BCUT2D eigenvalue weighted by molar-refractivity contribution is 7.13. The van der Waals surface area contributed by atoms with E-state index in [0.29, 0.717) is 5.13 Å². The third kappa shape index (κ3) is 3.23. The van der Waals surface area contributed by atoms with Crippen LogP contribution in [0.5, 0.6) is 0 Å². The number of nitrogens with one attached hydrogen (secondary N) is 2. The summed E-state index contributed by atoms with van der Waals surface area (Å²) in [4.78, 5) is 18.8. The molecule has 2 aromatic heterocycles. The number of carbonyl (C=O) groups is 1. The maximum Gasteiger partial charge on any atom is 0.237 e. The highest BCUT2D eigenvalue weighted by Crippen LogP contribution is 2.24. The highest BCUT2D eigenvalue weighted by atomic mass is 32.1. The topological polar surface area (TPSA) is 73.9 Å². The van der Waals surface area contributed by atoms with Crippen LogP contribution in [-0.4, -0.2) is 40.1 Å². The molecule has 0 radical (unpaired) electrons. The lowest BCUT2D eigenvalue weighted by molar-refractivity contribution is -0.120. The molecule has 0 saturated carbocycles. The monoisotopic (exact) mass is 293 g/mol. The lowest BCUT2D eigenvalue weighted by Gasteiger charge is -2.20. The summed E-state index contributed by atoms with van der Waals surface area (Å²) >= 11 is 1.44. The van der Waals surface area contributed by atoms with Crippen molar-refractivity contribution < 1.29 is 4.79 Å². The molecule has 108 valence electrons. The Balaban J connectivity index is 2.06. The van der Waals surface area contributed by atoms with Crippen LogP contribution in [0, 0.1) is 0 Å². The second-order valence-electron chi connectivity index (χ2n) is 5.43. The van der Waals surface area contributed by atoms with Gasteiger partial charge >= 0.3 is 0 Å². The van der Waals surface area contributed by atoms with Gasteiger partial charge in [-0.05, 0) is 34.0 Å². The Kier molecular flexibility index (Phi) is 4.20. The van der Waals surface area contributed by atoms with Crippen molar-refractivity contribution in [3.05, 3.63) is 29.0 Å². The SMILES string of the molecule is CN(C)Cc1csc(NC(=O)C(C)(C)c2ccn[nH]2)n1. The second kappa shape index (κ2) is 5.72. The number of hydrogen-bond donors (Lipinski definition) is 2. The van der Waals surface area contributed by atoms with Crippen LogP contribution in [-0.2, 0) is 16.8 Å². The summed E-state index contributed by atoms with van der Waals surface area (Å²) in [6, 6.07) is 1.80. The van der Waals surface area contributed by atoms with E-state index in [4.69, 9.17) is 0 Å². The van der Waals surface area contributed by atoms with Gasteiger partial charge in [0.25, 0.3) is 0 Å². The Morgan fingerprint density at radius 1 is 1.50 bits per heavy atom. The number of rotatable bonds is 5. The van der Waals surface area contributed by atoms with Gasteiger partial charge in [-0.1, -0.05) is 0 Å². The Labute approximate surface area is 122 Å². The molecule has 6 nitrogen and oxygen atoms in total. The number of hydrogen-bond acceptors (Lipinski definition) is 5. The van der Waals surface area contributed by atoms with Crippen molar-refractivity contribution >= 4 is 22.4 Å². The summed E-state index contributed by atoms with van der Waals surface area (Å²) < 4.78 is 0. The molecule has 0 aromatic carbocycles. The standard InChI is InChI=1S/C13H19N5OS/c1-13(2,10-5-6-14-17-10)11(19)16-12-15-9(8-20-12)7-18(3)4/h5-6,8H,7H2,1-4H3,(H,14,17)(H,15,16,19). The van der Waals surface area contributed by atoms with Crippen LogP contribution < -0.4 is 5.32 Å². The number of aromatic nitrogens is 3. The van der Waals surface area contributed by atoms with Crippen molar-refractivity contribution in [2.75, 3.05) is 19.4 Å². The van der Waals surface area contributed by atoms with Crippen molar-refractivity contribution in [2.45, 2.75) is 25.8 Å². The highest BCUT2D eigenvalue weighted by Gasteiger charge is 2.31. The number of carbonyl (C=O) groups excluding carboxylic acids is 1. The lowest BCUT2D eigenvalue weighted by Crippen LogP contribution is -2.35. The zero-order valence-electron chi connectivity index (χ0n) is 12.1. The first-order valence-corrected chi connectivity index (χ1v) is 7.18. The summed E-state index contributed by atoms with van der Waals surface area (Å²) in [5.74, 6) is -0.104. The second-order valence-corrected chi connectivity index (χ2v) is 6.29. The quantitative estimate of drug-likeness (QED) is 0.882. The molecule has 0 aliphatic rings. The van der Waals surface area contributed by atoms with Crippen molar-refractivity contribution in [2.24, 2.45) is 0 Å². The van der Waals surface area contributed by atoms with Crippen molar-refractivity contribution in [1.29, 1.82) is 0 Å². The van der Waals surface area contributed by atoms with Crippen LogP contribution >= 0.6 is 11.3 Å². The molecule has 0 aliphatic heterocycles. The Morgan fingerprint density at radius 3 is 2.85 bits per heavy atom. The van der Waals surface area contributed by atoms with E-state index >= 15 is 0 Å². The number of thiazole rings is 1. The Bertz CT molecular complexity index is 573. The van der Waals surface area contributed by atoms with Crippen LogP contribution in [0.25, 0.3) is 0 Å². The summed E-state index contributed by atoms with van der Waals surface area (Å²) in [5.41, 5.74) is 1.05. The largest absolute Gasteiger partial charge is 0.304 e. The van der Waals surface area contributed by atoms with Crippen LogP contribution in [0.4, 0.5) is 5.13 Å². The van der Waals surface area contributed by atoms with Crippen molar-refractivity contribution in [3.63, 3.8) is 0 Å². The minimum atomic E-state index is -0.677. The van der Waals surface area contributed by atoms with E-state index in [0.717, 1.165) is 17.9 Å². The molecular weight excluding hydrogens is 274 g/mol. The molecule has 0 atom stereocenters. The van der Waals surface area contributed by atoms with E-state index in [2.05, 4.69) is 20.5 Å². The third-order valence-corrected chi connectivity index (χ3v) is 3.80. The molecule has 2 heterocycles. The molecule has 20 heavy (non-hydrogen) atoms. The average Bonchev–Trinajstić information content (AvgIpc) is 2.99. The van der Waals surface area contributed by atoms with Gasteiger partial charge in [-0.2, -0.15) is 5.10 Å². The van der Waals surface area contributed by atoms with E-state index < -0.39 is 5.41 Å². The molecule has 0 spiro atoms. The van der Waals surface area contributed by atoms with E-state index in [1.165, 1.54) is 11.3 Å². The normalized spacial score (nSPS) is 11.8. The fourth-order valence-electron chi connectivity index (χ4n) is 1.74. The van der Waals surface area contributed by atoms with Gasteiger partial charge in [0.15, 0.2) is 5.13 Å². The van der Waals surface area contributed by atoms with Gasteiger partial charge in [-0.15, -0.1) is 11.3 Å². The molecular formula is C13H19N5OS. The molecule has 0 aliphatic carbocycles. The molecule has 7 heteroatoms. The summed E-state index contributed by atoms with van der Waals surface area (Å²) in [7, 11) is 3.97. The van der Waals surface area contributed by atoms with Crippen molar-refractivity contribution in [1.82, 2.24) is 20.1 Å². The van der Waals surface area contributed by atoms with E-state index in [-0.39, 0.29) is 5.91 Å². The van der Waals surface area contributed by atoms with Gasteiger partial charge < -0.3 is 10.2 Å². The first-order valence-electron chi connectivity index (χ1n) is 6.30. The van der Waals surface area contributed by atoms with Gasteiger partial charge in [0.1, 0.15) is 0 Å². The Hall–Kier alpha value is -1.73. The van der Waals surface area contributed by atoms with Crippen molar-refractivity contribution in [3.8, 4) is 0 Å². The zero-order valence-corrected chi connectivity index (χ0v) is 12.9. The summed E-state index contributed by atoms with van der Waals surface area (Å²) in [6.07, 6.45) is 1.64. The summed E-state index contributed by atoms with van der Waals surface area (Å²) in [5, 5.41) is 12.2. The van der Waals surface area contributed by atoms with Crippen LogP contribution in [0.2, 0.25) is 0 Å². The molecule has 0 saturated heterocycles. The van der Waals surface area contributed by atoms with E-state index in [1.54, 1.807) is 12.3 Å². The fraction of sp³-hybridized carbons (Fsp3) is 0.462. The van der Waals surface area contributed by atoms with E-state index in [9.17, 15) is 4.79 Å². The molecule has 2 N–H and O–H groups in total. The maximum atomic E-state index is 12.4. The van der Waals surface area contributed by atoms with E-state index in [1.807, 2.05) is 38.2 Å². The fourth-order valence-corrected chi connectivity index (χ4v) is 2.44. The average molecular weight is 293 g/mol. The van der Waals surface area contributed by atoms with Crippen LogP contribution in [0.1, 0.15) is 25.2 Å². The van der Waals surface area contributed by atoms with Crippen LogP contribution in [0.3, 0.4) is 0 Å². The number of amides is 1.